The number of pyridine rings is 1. The smallest absolute Gasteiger partial charge is 0.301 e. The minimum Gasteiger partial charge on any atom is -0.374 e. The van der Waals surface area contributed by atoms with E-state index in [0.29, 0.717) is 18.8 Å². The molecule has 0 aliphatic carbocycles. The first-order chi connectivity index (χ1) is 13.9. The van der Waals surface area contributed by atoms with E-state index in [1.54, 1.807) is 12.3 Å². The van der Waals surface area contributed by atoms with E-state index in [0.717, 1.165) is 48.0 Å². The van der Waals surface area contributed by atoms with Gasteiger partial charge < -0.3 is 9.47 Å². The quantitative estimate of drug-likeness (QED) is 0.717. The molecule has 0 radical (unpaired) electrons. The Morgan fingerprint density at radius 2 is 1.86 bits per heavy atom. The predicted octanol–water partition coefficient (Wildman–Crippen LogP) is 2.99. The highest BCUT2D eigenvalue weighted by molar-refractivity contribution is 7.90. The summed E-state index contributed by atoms with van der Waals surface area (Å²) in [5.74, 6) is 0. The molecule has 29 heavy (non-hydrogen) atoms. The van der Waals surface area contributed by atoms with Crippen LogP contribution < -0.4 is 9.62 Å². The van der Waals surface area contributed by atoms with Crippen molar-refractivity contribution >= 4 is 32.6 Å². The molecule has 4 heterocycles. The first kappa shape index (κ1) is 18.4. The van der Waals surface area contributed by atoms with Crippen molar-refractivity contribution in [3.8, 4) is 11.1 Å². The van der Waals surface area contributed by atoms with Crippen molar-refractivity contribution in [1.29, 1.82) is 0 Å². The maximum atomic E-state index is 12.9. The molecule has 5 rings (SSSR count). The number of hydrogen-bond donors (Lipinski definition) is 1. The number of benzene rings is 1. The van der Waals surface area contributed by atoms with Crippen LogP contribution in [0.15, 0.2) is 36.7 Å². The van der Waals surface area contributed by atoms with E-state index in [2.05, 4.69) is 39.9 Å². The molecule has 3 aromatic rings. The molecule has 152 valence electrons. The van der Waals surface area contributed by atoms with E-state index in [-0.39, 0.29) is 0 Å². The Morgan fingerprint density at radius 3 is 2.66 bits per heavy atom. The highest BCUT2D eigenvalue weighted by Crippen LogP contribution is 2.38. The van der Waals surface area contributed by atoms with Gasteiger partial charge in [-0.1, -0.05) is 12.1 Å². The van der Waals surface area contributed by atoms with Gasteiger partial charge in [-0.15, -0.1) is 0 Å². The lowest BCUT2D eigenvalue weighted by molar-refractivity contribution is 0.482. The van der Waals surface area contributed by atoms with Gasteiger partial charge in [-0.2, -0.15) is 12.7 Å². The van der Waals surface area contributed by atoms with Gasteiger partial charge in [-0.25, -0.2) is 4.98 Å². The van der Waals surface area contributed by atoms with E-state index >= 15 is 0 Å². The summed E-state index contributed by atoms with van der Waals surface area (Å²) in [7, 11) is 0.474. The SMILES string of the molecule is CN1CCc2ccc(-c3cn(C)c4nccc(NS(=O)(=O)N5CCCC5)c34)cc21. The summed E-state index contributed by atoms with van der Waals surface area (Å²) in [4.78, 5) is 6.77. The number of likely N-dealkylation sites (N-methyl/N-ethyl adjacent to an activating group) is 1. The van der Waals surface area contributed by atoms with Crippen molar-refractivity contribution in [2.45, 2.75) is 19.3 Å². The lowest BCUT2D eigenvalue weighted by atomic mass is 10.0. The van der Waals surface area contributed by atoms with E-state index in [9.17, 15) is 8.42 Å². The van der Waals surface area contributed by atoms with Crippen molar-refractivity contribution in [3.63, 3.8) is 0 Å². The molecule has 1 aromatic carbocycles. The zero-order valence-electron chi connectivity index (χ0n) is 16.7. The van der Waals surface area contributed by atoms with Gasteiger partial charge in [0.25, 0.3) is 0 Å². The lowest BCUT2D eigenvalue weighted by Gasteiger charge is -2.18. The highest BCUT2D eigenvalue weighted by atomic mass is 32.2. The fraction of sp³-hybridized carbons (Fsp3) is 0.381. The minimum absolute atomic E-state index is 0.572. The number of anilines is 2. The van der Waals surface area contributed by atoms with Crippen LogP contribution in [0.1, 0.15) is 18.4 Å². The molecule has 0 spiro atoms. The van der Waals surface area contributed by atoms with Gasteiger partial charge in [0.1, 0.15) is 5.65 Å². The van der Waals surface area contributed by atoms with Crippen molar-refractivity contribution < 1.29 is 8.42 Å². The Kier molecular flexibility index (Phi) is 4.29. The first-order valence-electron chi connectivity index (χ1n) is 10.0. The third kappa shape index (κ3) is 3.07. The zero-order valence-corrected chi connectivity index (χ0v) is 17.5. The van der Waals surface area contributed by atoms with Crippen LogP contribution in [0.4, 0.5) is 11.4 Å². The van der Waals surface area contributed by atoms with Crippen molar-refractivity contribution in [2.24, 2.45) is 7.05 Å². The predicted molar refractivity (Wildman–Crippen MR) is 116 cm³/mol. The zero-order chi connectivity index (χ0) is 20.2. The van der Waals surface area contributed by atoms with E-state index in [4.69, 9.17) is 0 Å². The fourth-order valence-corrected chi connectivity index (χ4v) is 5.76. The molecule has 2 aliphatic rings. The van der Waals surface area contributed by atoms with Crippen LogP contribution >= 0.6 is 0 Å². The van der Waals surface area contributed by atoms with Gasteiger partial charge in [-0.3, -0.25) is 4.72 Å². The highest BCUT2D eigenvalue weighted by Gasteiger charge is 2.27. The van der Waals surface area contributed by atoms with Crippen molar-refractivity contribution in [3.05, 3.63) is 42.2 Å². The second kappa shape index (κ2) is 6.74. The van der Waals surface area contributed by atoms with Crippen LogP contribution in [0.3, 0.4) is 0 Å². The third-order valence-electron chi connectivity index (χ3n) is 6.03. The van der Waals surface area contributed by atoms with E-state index in [1.807, 2.05) is 17.8 Å². The van der Waals surface area contributed by atoms with Crippen LogP contribution in [-0.2, 0) is 23.7 Å². The first-order valence-corrected chi connectivity index (χ1v) is 11.4. The van der Waals surface area contributed by atoms with E-state index < -0.39 is 10.2 Å². The second-order valence-electron chi connectivity index (χ2n) is 7.94. The third-order valence-corrected chi connectivity index (χ3v) is 7.55. The van der Waals surface area contributed by atoms with Crippen LogP contribution in [0, 0.1) is 0 Å². The number of nitrogens with one attached hydrogen (secondary N) is 1. The maximum absolute atomic E-state index is 12.9. The Morgan fingerprint density at radius 1 is 1.07 bits per heavy atom. The van der Waals surface area contributed by atoms with Gasteiger partial charge in [0.05, 0.1) is 11.1 Å². The summed E-state index contributed by atoms with van der Waals surface area (Å²) >= 11 is 0. The number of aromatic nitrogens is 2. The molecule has 1 N–H and O–H groups in total. The molecule has 8 heteroatoms. The number of rotatable bonds is 4. The van der Waals surface area contributed by atoms with Crippen molar-refractivity contribution in [1.82, 2.24) is 13.9 Å². The van der Waals surface area contributed by atoms with Crippen LogP contribution in [0.2, 0.25) is 0 Å². The van der Waals surface area contributed by atoms with Gasteiger partial charge in [0, 0.05) is 57.4 Å². The van der Waals surface area contributed by atoms with Gasteiger partial charge in [-0.05, 0) is 42.5 Å². The molecule has 1 fully saturated rings. The molecular formula is C21H25N5O2S. The average Bonchev–Trinajstić information content (AvgIpc) is 3.43. The second-order valence-corrected chi connectivity index (χ2v) is 9.61. The molecule has 7 nitrogen and oxygen atoms in total. The van der Waals surface area contributed by atoms with Gasteiger partial charge in [0.2, 0.25) is 0 Å². The Labute approximate surface area is 171 Å². The monoisotopic (exact) mass is 411 g/mol. The normalized spacial score (nSPS) is 17.2. The van der Waals surface area contributed by atoms with Crippen LogP contribution in [0.5, 0.6) is 0 Å². The number of hydrogen-bond acceptors (Lipinski definition) is 4. The summed E-state index contributed by atoms with van der Waals surface area (Å²) in [6.45, 7) is 2.17. The molecule has 0 amide bonds. The maximum Gasteiger partial charge on any atom is 0.301 e. The summed E-state index contributed by atoms with van der Waals surface area (Å²) in [6, 6.07) is 8.25. The summed E-state index contributed by atoms with van der Waals surface area (Å²) in [5, 5.41) is 0.832. The Hall–Kier alpha value is -2.58. The molecule has 0 atom stereocenters. The topological polar surface area (TPSA) is 70.5 Å². The van der Waals surface area contributed by atoms with Gasteiger partial charge in [0.15, 0.2) is 0 Å². The van der Waals surface area contributed by atoms with Crippen LogP contribution in [-0.4, -0.2) is 49.0 Å². The Balaban J connectivity index is 1.63. The average molecular weight is 412 g/mol. The summed E-state index contributed by atoms with van der Waals surface area (Å²) in [6.07, 6.45) is 6.56. The minimum atomic E-state index is -3.57. The van der Waals surface area contributed by atoms with Crippen molar-refractivity contribution in [2.75, 3.05) is 36.3 Å². The fourth-order valence-electron chi connectivity index (χ4n) is 4.45. The lowest BCUT2D eigenvalue weighted by Crippen LogP contribution is -2.33. The van der Waals surface area contributed by atoms with Gasteiger partial charge >= 0.3 is 10.2 Å². The largest absolute Gasteiger partial charge is 0.374 e. The van der Waals surface area contributed by atoms with Crippen LogP contribution in [0.25, 0.3) is 22.2 Å². The molecule has 1 saturated heterocycles. The Bertz CT molecular complexity index is 1200. The number of nitrogens with zero attached hydrogens (tertiary/aromatic N) is 4. The molecule has 0 saturated carbocycles. The van der Waals surface area contributed by atoms with E-state index in [1.165, 1.54) is 15.6 Å². The summed E-state index contributed by atoms with van der Waals surface area (Å²) in [5.41, 5.74) is 5.98. The number of aryl methyl sites for hydroxylation is 1. The standard InChI is InChI=1S/C21H25N5O2S/c1-24-12-8-15-5-6-16(13-19(15)24)17-14-25(2)21-20(17)18(7-9-22-21)23-29(27,28)26-10-3-4-11-26/h5-7,9,13-14H,3-4,8,10-12H2,1-2H3,(H,22,23). The molecule has 2 aromatic heterocycles. The molecular weight excluding hydrogens is 386 g/mol. The molecule has 2 aliphatic heterocycles. The summed E-state index contributed by atoms with van der Waals surface area (Å²) < 4.78 is 32.1. The molecule has 0 bridgehead atoms. The number of fused-ring (bicyclic) bond motifs is 2. The molecule has 0 unspecified atom stereocenters.